The highest BCUT2D eigenvalue weighted by Crippen LogP contribution is 1.89. The van der Waals surface area contributed by atoms with Crippen molar-refractivity contribution in [1.82, 2.24) is 5.48 Å². The number of aldehydes is 1. The van der Waals surface area contributed by atoms with E-state index >= 15 is 0 Å². The van der Waals surface area contributed by atoms with Gasteiger partial charge >= 0.3 is 0 Å². The molecule has 0 saturated heterocycles. The minimum atomic E-state index is -0.236. The number of hydroxylamine groups is 1. The molecule has 0 saturated carbocycles. The molecule has 0 fully saturated rings. The zero-order valence-corrected chi connectivity index (χ0v) is 3.63. The Morgan fingerprint density at radius 1 is 1.86 bits per heavy atom. The van der Waals surface area contributed by atoms with Crippen LogP contribution in [0.15, 0.2) is 12.3 Å². The Labute approximate surface area is 40.9 Å². The molecule has 0 aromatic carbocycles. The van der Waals surface area contributed by atoms with Crippen LogP contribution in [0.25, 0.3) is 0 Å². The van der Waals surface area contributed by atoms with Gasteiger partial charge in [0.05, 0.1) is 0 Å². The van der Waals surface area contributed by atoms with Crippen molar-refractivity contribution in [1.29, 1.82) is 0 Å². The van der Waals surface area contributed by atoms with Gasteiger partial charge in [-0.25, -0.2) is 0 Å². The predicted octanol–water partition coefficient (Wildman–Crippen LogP) is -0.398. The van der Waals surface area contributed by atoms with E-state index in [1.807, 2.05) is 0 Å². The molecule has 3 heteroatoms. The van der Waals surface area contributed by atoms with Crippen molar-refractivity contribution in [2.24, 2.45) is 0 Å². The van der Waals surface area contributed by atoms with Gasteiger partial charge in [-0.3, -0.25) is 0 Å². The fourth-order valence-electron chi connectivity index (χ4n) is 0.354. The van der Waals surface area contributed by atoms with Gasteiger partial charge in [-0.2, -0.15) is 0 Å². The Balaban J connectivity index is 2.42. The van der Waals surface area contributed by atoms with E-state index in [1.165, 1.54) is 6.26 Å². The maximum atomic E-state index is 9.81. The first-order valence-electron chi connectivity index (χ1n) is 1.96. The van der Waals surface area contributed by atoms with Crippen LogP contribution in [0.5, 0.6) is 0 Å². The van der Waals surface area contributed by atoms with E-state index in [-0.39, 0.29) is 6.04 Å². The summed E-state index contributed by atoms with van der Waals surface area (Å²) in [6.45, 7) is 0. The summed E-state index contributed by atoms with van der Waals surface area (Å²) in [5, 5.41) is 0. The molecule has 0 bridgehead atoms. The monoisotopic (exact) mass is 99.0 g/mol. The summed E-state index contributed by atoms with van der Waals surface area (Å²) < 4.78 is 0. The standard InChI is InChI=1S/C4H5NO2/c6-3-4-1-2-7-5-4/h1-5H. The van der Waals surface area contributed by atoms with E-state index in [9.17, 15) is 4.79 Å². The van der Waals surface area contributed by atoms with Crippen LogP contribution in [0.3, 0.4) is 0 Å². The van der Waals surface area contributed by atoms with Crippen molar-refractivity contribution >= 4 is 6.29 Å². The molecule has 1 rings (SSSR count). The topological polar surface area (TPSA) is 38.3 Å². The van der Waals surface area contributed by atoms with Crippen LogP contribution in [0.2, 0.25) is 0 Å². The van der Waals surface area contributed by atoms with Gasteiger partial charge in [0.1, 0.15) is 18.6 Å². The third kappa shape index (κ3) is 0.778. The first-order chi connectivity index (χ1) is 3.43. The molecule has 0 aromatic rings. The average Bonchev–Trinajstić information content (AvgIpc) is 2.14. The lowest BCUT2D eigenvalue weighted by atomic mass is 10.4. The SMILES string of the molecule is O=CC1C=CON1. The summed E-state index contributed by atoms with van der Waals surface area (Å²) in [5.74, 6) is 0. The Morgan fingerprint density at radius 3 is 3.00 bits per heavy atom. The largest absolute Gasteiger partial charge is 0.416 e. The van der Waals surface area contributed by atoms with Crippen molar-refractivity contribution in [2.45, 2.75) is 6.04 Å². The summed E-state index contributed by atoms with van der Waals surface area (Å²) in [5.41, 5.74) is 2.43. The lowest BCUT2D eigenvalue weighted by Crippen LogP contribution is -2.21. The van der Waals surface area contributed by atoms with Crippen LogP contribution in [0.1, 0.15) is 0 Å². The number of rotatable bonds is 1. The molecule has 0 spiro atoms. The molecular formula is C4H5NO2. The number of carbonyl (C=O) groups excluding carboxylic acids is 1. The molecule has 1 aliphatic heterocycles. The molecule has 38 valence electrons. The van der Waals surface area contributed by atoms with Crippen LogP contribution in [0.4, 0.5) is 0 Å². The van der Waals surface area contributed by atoms with Crippen LogP contribution in [-0.2, 0) is 9.63 Å². The molecular weight excluding hydrogens is 94.0 g/mol. The quantitative estimate of drug-likeness (QED) is 0.455. The van der Waals surface area contributed by atoms with Crippen LogP contribution < -0.4 is 5.48 Å². The predicted molar refractivity (Wildman–Crippen MR) is 23.2 cm³/mol. The van der Waals surface area contributed by atoms with Gasteiger partial charge in [0.2, 0.25) is 0 Å². The molecule has 1 unspecified atom stereocenters. The zero-order chi connectivity index (χ0) is 5.11. The molecule has 0 aliphatic carbocycles. The Morgan fingerprint density at radius 2 is 2.71 bits per heavy atom. The van der Waals surface area contributed by atoms with Gasteiger partial charge in [-0.1, -0.05) is 0 Å². The highest BCUT2D eigenvalue weighted by Gasteiger charge is 2.04. The average molecular weight is 99.1 g/mol. The number of nitrogens with one attached hydrogen (secondary N) is 1. The van der Waals surface area contributed by atoms with Gasteiger partial charge in [-0.15, -0.1) is 5.48 Å². The van der Waals surface area contributed by atoms with Crippen molar-refractivity contribution in [3.8, 4) is 0 Å². The first-order valence-corrected chi connectivity index (χ1v) is 1.96. The summed E-state index contributed by atoms with van der Waals surface area (Å²) in [6.07, 6.45) is 3.84. The van der Waals surface area contributed by atoms with E-state index in [0.717, 1.165) is 6.29 Å². The smallest absolute Gasteiger partial charge is 0.144 e. The van der Waals surface area contributed by atoms with Crippen LogP contribution >= 0.6 is 0 Å². The summed E-state index contributed by atoms with van der Waals surface area (Å²) >= 11 is 0. The number of carbonyl (C=O) groups is 1. The minimum Gasteiger partial charge on any atom is -0.416 e. The molecule has 1 heterocycles. The lowest BCUT2D eigenvalue weighted by Gasteiger charge is -1.93. The zero-order valence-electron chi connectivity index (χ0n) is 3.63. The van der Waals surface area contributed by atoms with E-state index in [2.05, 4.69) is 10.3 Å². The molecule has 0 aromatic heterocycles. The Hall–Kier alpha value is -0.830. The van der Waals surface area contributed by atoms with Gasteiger partial charge in [0, 0.05) is 0 Å². The van der Waals surface area contributed by atoms with Crippen LogP contribution in [-0.4, -0.2) is 12.3 Å². The van der Waals surface area contributed by atoms with Crippen molar-refractivity contribution in [2.75, 3.05) is 0 Å². The van der Waals surface area contributed by atoms with E-state index in [1.54, 1.807) is 6.08 Å². The second kappa shape index (κ2) is 1.75. The first kappa shape index (κ1) is 4.33. The second-order valence-electron chi connectivity index (χ2n) is 1.23. The number of hydrogen-bond acceptors (Lipinski definition) is 3. The van der Waals surface area contributed by atoms with Crippen molar-refractivity contribution in [3.05, 3.63) is 12.3 Å². The van der Waals surface area contributed by atoms with E-state index in [0.29, 0.717) is 0 Å². The van der Waals surface area contributed by atoms with E-state index in [4.69, 9.17) is 0 Å². The highest BCUT2D eigenvalue weighted by molar-refractivity contribution is 5.60. The van der Waals surface area contributed by atoms with Crippen molar-refractivity contribution in [3.63, 3.8) is 0 Å². The fraction of sp³-hybridized carbons (Fsp3) is 0.250. The fourth-order valence-corrected chi connectivity index (χ4v) is 0.354. The molecule has 1 N–H and O–H groups in total. The third-order valence-corrected chi connectivity index (χ3v) is 0.705. The maximum Gasteiger partial charge on any atom is 0.144 e. The summed E-state index contributed by atoms with van der Waals surface area (Å²) in [4.78, 5) is 14.3. The number of hydrogen-bond donors (Lipinski definition) is 1. The van der Waals surface area contributed by atoms with Gasteiger partial charge in [-0.05, 0) is 6.08 Å². The third-order valence-electron chi connectivity index (χ3n) is 0.705. The minimum absolute atomic E-state index is 0.236. The van der Waals surface area contributed by atoms with Gasteiger partial charge < -0.3 is 9.63 Å². The van der Waals surface area contributed by atoms with Crippen LogP contribution in [0, 0.1) is 0 Å². The molecule has 1 atom stereocenters. The molecule has 7 heavy (non-hydrogen) atoms. The maximum absolute atomic E-state index is 9.81. The van der Waals surface area contributed by atoms with Gasteiger partial charge in [0.25, 0.3) is 0 Å². The summed E-state index contributed by atoms with van der Waals surface area (Å²) in [7, 11) is 0. The molecule has 0 amide bonds. The second-order valence-corrected chi connectivity index (χ2v) is 1.23. The summed E-state index contributed by atoms with van der Waals surface area (Å²) in [6, 6.07) is -0.236. The lowest BCUT2D eigenvalue weighted by molar-refractivity contribution is -0.109. The van der Waals surface area contributed by atoms with Crippen molar-refractivity contribution < 1.29 is 9.63 Å². The van der Waals surface area contributed by atoms with Gasteiger partial charge in [0.15, 0.2) is 0 Å². The Bertz CT molecular complexity index is 99.9. The molecule has 0 radical (unpaired) electrons. The normalized spacial score (nSPS) is 27.1. The highest BCUT2D eigenvalue weighted by atomic mass is 16.6. The molecule has 1 aliphatic rings. The molecule has 3 nitrogen and oxygen atoms in total. The van der Waals surface area contributed by atoms with E-state index < -0.39 is 0 Å². The Kier molecular flexibility index (Phi) is 1.08.